The highest BCUT2D eigenvalue weighted by atomic mass is 16.5. The Morgan fingerprint density at radius 3 is 2.29 bits per heavy atom. The average molecular weight is 517 g/mol. The summed E-state index contributed by atoms with van der Waals surface area (Å²) in [7, 11) is 3.12. The van der Waals surface area contributed by atoms with Gasteiger partial charge in [0.15, 0.2) is 11.5 Å². The molecule has 0 bridgehead atoms. The molecule has 1 unspecified atom stereocenters. The Hall–Kier alpha value is -4.08. The number of hydrogen-bond donors (Lipinski definition) is 3. The van der Waals surface area contributed by atoms with Crippen molar-refractivity contribution in [3.05, 3.63) is 59.9 Å². The molecule has 0 radical (unpaired) electrons. The van der Waals surface area contributed by atoms with Crippen molar-refractivity contribution in [2.45, 2.75) is 26.5 Å². The first kappa shape index (κ1) is 25.6. The van der Waals surface area contributed by atoms with Crippen LogP contribution in [0.5, 0.6) is 11.5 Å². The van der Waals surface area contributed by atoms with Crippen LogP contribution in [-0.2, 0) is 16.1 Å². The molecule has 4 aromatic rings. The number of nitrogens with one attached hydrogen (secondary N) is 2. The molecule has 2 aromatic heterocycles. The van der Waals surface area contributed by atoms with Gasteiger partial charge in [0.1, 0.15) is 0 Å². The SMILES string of the molecule is CCN(CC)CC(O)Cn1cc(C2=C(c3c[nH]c4ccccc34)C(=O)NC2=O)c2cc(OC)c(OC)cc21. The summed E-state index contributed by atoms with van der Waals surface area (Å²) >= 11 is 0. The fraction of sp³-hybridized carbons (Fsp3) is 0.310. The summed E-state index contributed by atoms with van der Waals surface area (Å²) in [5.74, 6) is 0.120. The third kappa shape index (κ3) is 4.33. The van der Waals surface area contributed by atoms with Crippen LogP contribution in [0, 0.1) is 0 Å². The van der Waals surface area contributed by atoms with Crippen LogP contribution in [0.3, 0.4) is 0 Å². The van der Waals surface area contributed by atoms with Gasteiger partial charge in [-0.2, -0.15) is 0 Å². The lowest BCUT2D eigenvalue weighted by molar-refractivity contribution is -0.122. The molecule has 3 N–H and O–H groups in total. The van der Waals surface area contributed by atoms with E-state index in [0.717, 1.165) is 34.9 Å². The molecule has 3 heterocycles. The first-order valence-corrected chi connectivity index (χ1v) is 12.7. The highest BCUT2D eigenvalue weighted by molar-refractivity contribution is 6.50. The second-order valence-corrected chi connectivity index (χ2v) is 9.34. The third-order valence-electron chi connectivity index (χ3n) is 7.22. The topological polar surface area (TPSA) is 109 Å². The predicted molar refractivity (Wildman–Crippen MR) is 147 cm³/mol. The molecule has 1 aliphatic heterocycles. The molecule has 9 nitrogen and oxygen atoms in total. The quantitative estimate of drug-likeness (QED) is 0.279. The normalized spacial score (nSPS) is 14.7. The van der Waals surface area contributed by atoms with Crippen LogP contribution >= 0.6 is 0 Å². The largest absolute Gasteiger partial charge is 0.493 e. The monoisotopic (exact) mass is 516 g/mol. The number of fused-ring (bicyclic) bond motifs is 2. The molecule has 0 spiro atoms. The summed E-state index contributed by atoms with van der Waals surface area (Å²) in [6, 6.07) is 11.3. The minimum atomic E-state index is -0.646. The molecule has 0 aliphatic carbocycles. The van der Waals surface area contributed by atoms with Gasteiger partial charge in [-0.3, -0.25) is 14.9 Å². The average Bonchev–Trinajstić information content (AvgIpc) is 3.58. The van der Waals surface area contributed by atoms with Gasteiger partial charge in [0.25, 0.3) is 11.8 Å². The van der Waals surface area contributed by atoms with Crippen LogP contribution < -0.4 is 14.8 Å². The minimum absolute atomic E-state index is 0.286. The van der Waals surface area contributed by atoms with Gasteiger partial charge in [0.2, 0.25) is 0 Å². The van der Waals surface area contributed by atoms with E-state index in [1.165, 1.54) is 0 Å². The summed E-state index contributed by atoms with van der Waals surface area (Å²) in [6.45, 7) is 6.60. The number of likely N-dealkylation sites (N-methyl/N-ethyl adjacent to an activating group) is 1. The number of aromatic amines is 1. The Bertz CT molecular complexity index is 1560. The van der Waals surface area contributed by atoms with Gasteiger partial charge in [-0.1, -0.05) is 32.0 Å². The molecule has 5 rings (SSSR count). The standard InChI is InChI=1S/C29H32N4O5/c1-5-32(6-2)14-17(34)15-33-16-21(19-11-24(37-3)25(38-4)12-23(19)33)27-26(28(35)31-29(27)36)20-13-30-22-10-8-7-9-18(20)22/h7-13,16-17,30,34H,5-6,14-15H2,1-4H3,(H,31,35,36). The van der Waals surface area contributed by atoms with Crippen LogP contribution in [0.25, 0.3) is 33.0 Å². The van der Waals surface area contributed by atoms with E-state index in [1.54, 1.807) is 20.4 Å². The zero-order valence-electron chi connectivity index (χ0n) is 22.0. The van der Waals surface area contributed by atoms with Crippen LogP contribution in [0.1, 0.15) is 25.0 Å². The van der Waals surface area contributed by atoms with Crippen LogP contribution in [-0.4, -0.2) is 71.3 Å². The van der Waals surface area contributed by atoms with Crippen molar-refractivity contribution in [1.29, 1.82) is 0 Å². The number of methoxy groups -OCH3 is 2. The first-order chi connectivity index (χ1) is 18.4. The molecule has 0 fully saturated rings. The molecule has 2 amide bonds. The molecule has 198 valence electrons. The van der Waals surface area contributed by atoms with Gasteiger partial charge in [0.05, 0.1) is 37.0 Å². The molecule has 2 aromatic carbocycles. The maximum Gasteiger partial charge on any atom is 0.259 e. The van der Waals surface area contributed by atoms with Crippen LogP contribution in [0.15, 0.2) is 48.8 Å². The highest BCUT2D eigenvalue weighted by Crippen LogP contribution is 2.41. The Kier molecular flexibility index (Phi) is 6.96. The molecule has 1 aliphatic rings. The Morgan fingerprint density at radius 2 is 1.61 bits per heavy atom. The number of carbonyl (C=O) groups excluding carboxylic acids is 2. The number of amides is 2. The number of ether oxygens (including phenoxy) is 2. The Balaban J connectivity index is 1.72. The van der Waals surface area contributed by atoms with Gasteiger partial charge in [-0.05, 0) is 25.2 Å². The number of hydrogen-bond acceptors (Lipinski definition) is 6. The van der Waals surface area contributed by atoms with E-state index in [-0.39, 0.29) is 5.57 Å². The molecule has 1 atom stereocenters. The zero-order valence-corrected chi connectivity index (χ0v) is 22.0. The number of H-pyrrole nitrogens is 1. The summed E-state index contributed by atoms with van der Waals surface area (Å²) in [4.78, 5) is 31.8. The molecule has 9 heteroatoms. The number of rotatable bonds is 10. The molecule has 38 heavy (non-hydrogen) atoms. The first-order valence-electron chi connectivity index (χ1n) is 12.7. The fourth-order valence-electron chi connectivity index (χ4n) is 5.28. The van der Waals surface area contributed by atoms with E-state index in [9.17, 15) is 14.7 Å². The van der Waals surface area contributed by atoms with Crippen LogP contribution in [0.4, 0.5) is 0 Å². The van der Waals surface area contributed by atoms with Crippen molar-refractivity contribution >= 4 is 44.8 Å². The lowest BCUT2D eigenvalue weighted by atomic mass is 9.95. The number of benzene rings is 2. The van der Waals surface area contributed by atoms with E-state index in [1.807, 2.05) is 47.2 Å². The number of imide groups is 1. The number of nitrogens with zero attached hydrogens (tertiary/aromatic N) is 2. The third-order valence-corrected chi connectivity index (χ3v) is 7.22. The summed E-state index contributed by atoms with van der Waals surface area (Å²) < 4.78 is 13.0. The summed E-state index contributed by atoms with van der Waals surface area (Å²) in [5, 5.41) is 15.0. The lowest BCUT2D eigenvalue weighted by Gasteiger charge is -2.22. The maximum absolute atomic E-state index is 13.3. The van der Waals surface area contributed by atoms with Gasteiger partial charge >= 0.3 is 0 Å². The second kappa shape index (κ2) is 10.4. The van der Waals surface area contributed by atoms with E-state index < -0.39 is 17.9 Å². The van der Waals surface area contributed by atoms with Crippen molar-refractivity contribution in [3.63, 3.8) is 0 Å². The van der Waals surface area contributed by atoms with Gasteiger partial charge < -0.3 is 29.0 Å². The number of para-hydroxylation sites is 1. The van der Waals surface area contributed by atoms with Crippen molar-refractivity contribution in [3.8, 4) is 11.5 Å². The zero-order chi connectivity index (χ0) is 27.0. The van der Waals surface area contributed by atoms with Crippen molar-refractivity contribution in [2.75, 3.05) is 33.9 Å². The maximum atomic E-state index is 13.3. The van der Waals surface area contributed by atoms with Crippen molar-refractivity contribution < 1.29 is 24.2 Å². The lowest BCUT2D eigenvalue weighted by Crippen LogP contribution is -2.34. The van der Waals surface area contributed by atoms with Gasteiger partial charge in [-0.15, -0.1) is 0 Å². The second-order valence-electron chi connectivity index (χ2n) is 9.34. The van der Waals surface area contributed by atoms with Gasteiger partial charge in [-0.25, -0.2) is 0 Å². The number of aliphatic hydroxyl groups excluding tert-OH is 1. The summed E-state index contributed by atoms with van der Waals surface area (Å²) in [5.41, 5.74) is 3.46. The molecule has 0 saturated carbocycles. The van der Waals surface area contributed by atoms with E-state index in [0.29, 0.717) is 41.3 Å². The smallest absolute Gasteiger partial charge is 0.259 e. The molecular weight excluding hydrogens is 484 g/mol. The number of carbonyl (C=O) groups is 2. The van der Waals surface area contributed by atoms with Crippen molar-refractivity contribution in [2.24, 2.45) is 0 Å². The molecular formula is C29H32N4O5. The van der Waals surface area contributed by atoms with E-state index in [2.05, 4.69) is 29.0 Å². The van der Waals surface area contributed by atoms with E-state index >= 15 is 0 Å². The Morgan fingerprint density at radius 1 is 0.947 bits per heavy atom. The fourth-order valence-corrected chi connectivity index (χ4v) is 5.28. The minimum Gasteiger partial charge on any atom is -0.493 e. The van der Waals surface area contributed by atoms with Crippen molar-refractivity contribution in [1.82, 2.24) is 19.8 Å². The predicted octanol–water partition coefficient (Wildman–Crippen LogP) is 3.41. The molecule has 0 saturated heterocycles. The summed E-state index contributed by atoms with van der Waals surface area (Å²) in [6.07, 6.45) is 2.94. The highest BCUT2D eigenvalue weighted by Gasteiger charge is 2.35. The number of aromatic nitrogens is 2. The van der Waals surface area contributed by atoms with Crippen LogP contribution in [0.2, 0.25) is 0 Å². The van der Waals surface area contributed by atoms with Gasteiger partial charge in [0, 0.05) is 59.0 Å². The van der Waals surface area contributed by atoms with E-state index in [4.69, 9.17) is 9.47 Å². The Labute approximate surface area is 220 Å². The number of aliphatic hydroxyl groups is 1.